The molecule has 1 saturated carbocycles. The summed E-state index contributed by atoms with van der Waals surface area (Å²) in [5, 5.41) is 0. The molecule has 2 atom stereocenters. The van der Waals surface area contributed by atoms with Crippen molar-refractivity contribution in [2.24, 2.45) is 5.92 Å². The van der Waals surface area contributed by atoms with E-state index in [9.17, 15) is 13.6 Å². The first-order chi connectivity index (χ1) is 9.66. The van der Waals surface area contributed by atoms with Crippen LogP contribution in [0.25, 0.3) is 0 Å². The average Bonchev–Trinajstić information content (AvgIpc) is 2.88. The molecule has 1 aliphatic carbocycles. The van der Waals surface area contributed by atoms with Crippen LogP contribution in [0.2, 0.25) is 0 Å². The SMILES string of the molecule is O=C(CN1CCCC2CCCC21)c1c(F)cccc1F. The Hall–Kier alpha value is -1.29. The topological polar surface area (TPSA) is 20.3 Å². The van der Waals surface area contributed by atoms with Crippen LogP contribution >= 0.6 is 0 Å². The number of halogens is 2. The normalized spacial score (nSPS) is 26.5. The summed E-state index contributed by atoms with van der Waals surface area (Å²) in [6.45, 7) is 1.00. The smallest absolute Gasteiger partial charge is 0.182 e. The molecule has 108 valence electrons. The van der Waals surface area contributed by atoms with Crippen LogP contribution in [0.5, 0.6) is 0 Å². The van der Waals surface area contributed by atoms with Crippen molar-refractivity contribution >= 4 is 5.78 Å². The van der Waals surface area contributed by atoms with Gasteiger partial charge in [-0.3, -0.25) is 9.69 Å². The number of carbonyl (C=O) groups excluding carboxylic acids is 1. The first-order valence-electron chi connectivity index (χ1n) is 7.38. The number of benzene rings is 1. The molecule has 1 aromatic rings. The monoisotopic (exact) mass is 279 g/mol. The average molecular weight is 279 g/mol. The van der Waals surface area contributed by atoms with Crippen molar-refractivity contribution in [3.8, 4) is 0 Å². The van der Waals surface area contributed by atoms with E-state index in [1.54, 1.807) is 0 Å². The number of carbonyl (C=O) groups is 1. The van der Waals surface area contributed by atoms with E-state index in [1.807, 2.05) is 0 Å². The van der Waals surface area contributed by atoms with Gasteiger partial charge in [0, 0.05) is 6.04 Å². The van der Waals surface area contributed by atoms with Crippen LogP contribution in [0.15, 0.2) is 18.2 Å². The molecule has 1 aliphatic heterocycles. The number of Topliss-reactive ketones (excluding diaryl/α,β-unsaturated/α-hetero) is 1. The van der Waals surface area contributed by atoms with Crippen molar-refractivity contribution in [2.45, 2.75) is 38.1 Å². The molecule has 2 fully saturated rings. The van der Waals surface area contributed by atoms with E-state index in [2.05, 4.69) is 4.90 Å². The lowest BCUT2D eigenvalue weighted by molar-refractivity contribution is 0.0769. The number of rotatable bonds is 3. The maximum Gasteiger partial charge on any atom is 0.182 e. The molecule has 20 heavy (non-hydrogen) atoms. The quantitative estimate of drug-likeness (QED) is 0.790. The van der Waals surface area contributed by atoms with Crippen LogP contribution in [0.1, 0.15) is 42.5 Å². The van der Waals surface area contributed by atoms with Gasteiger partial charge in [0.2, 0.25) is 0 Å². The molecule has 0 spiro atoms. The molecule has 0 N–H and O–H groups in total. The van der Waals surface area contributed by atoms with Gasteiger partial charge >= 0.3 is 0 Å². The number of nitrogens with zero attached hydrogens (tertiary/aromatic N) is 1. The highest BCUT2D eigenvalue weighted by molar-refractivity contribution is 5.98. The highest BCUT2D eigenvalue weighted by Crippen LogP contribution is 2.36. The Labute approximate surface area is 117 Å². The molecule has 1 heterocycles. The standard InChI is InChI=1S/C16H19F2NO/c17-12-6-2-7-13(18)16(12)15(20)10-19-9-3-5-11-4-1-8-14(11)19/h2,6-7,11,14H,1,3-5,8-10H2. The zero-order valence-electron chi connectivity index (χ0n) is 11.4. The van der Waals surface area contributed by atoms with E-state index < -0.39 is 17.4 Å². The van der Waals surface area contributed by atoms with Crippen LogP contribution in [-0.4, -0.2) is 29.8 Å². The minimum Gasteiger partial charge on any atom is -0.293 e. The largest absolute Gasteiger partial charge is 0.293 e. The van der Waals surface area contributed by atoms with Crippen LogP contribution < -0.4 is 0 Å². The number of ketones is 1. The molecule has 2 unspecified atom stereocenters. The molecule has 2 aliphatic rings. The zero-order chi connectivity index (χ0) is 14.1. The lowest BCUT2D eigenvalue weighted by atomic mass is 9.91. The summed E-state index contributed by atoms with van der Waals surface area (Å²) in [7, 11) is 0. The van der Waals surface area contributed by atoms with Gasteiger partial charge in [-0.25, -0.2) is 8.78 Å². The third-order valence-electron chi connectivity index (χ3n) is 4.70. The second kappa shape index (κ2) is 5.60. The molecule has 0 aromatic heterocycles. The van der Waals surface area contributed by atoms with Crippen molar-refractivity contribution < 1.29 is 13.6 Å². The van der Waals surface area contributed by atoms with Crippen molar-refractivity contribution in [3.63, 3.8) is 0 Å². The predicted molar refractivity (Wildman–Crippen MR) is 72.6 cm³/mol. The Balaban J connectivity index is 1.75. The van der Waals surface area contributed by atoms with Crippen LogP contribution in [-0.2, 0) is 0 Å². The number of fused-ring (bicyclic) bond motifs is 1. The molecule has 0 bridgehead atoms. The maximum atomic E-state index is 13.6. The molecule has 0 amide bonds. The van der Waals surface area contributed by atoms with E-state index in [4.69, 9.17) is 0 Å². The Bertz CT molecular complexity index is 497. The molecular weight excluding hydrogens is 260 g/mol. The lowest BCUT2D eigenvalue weighted by Crippen LogP contribution is -2.45. The summed E-state index contributed by atoms with van der Waals surface area (Å²) in [4.78, 5) is 14.4. The highest BCUT2D eigenvalue weighted by Gasteiger charge is 2.36. The van der Waals surface area contributed by atoms with Gasteiger partial charge in [-0.05, 0) is 50.3 Å². The van der Waals surface area contributed by atoms with Gasteiger partial charge in [0.1, 0.15) is 11.6 Å². The Morgan fingerprint density at radius 3 is 2.60 bits per heavy atom. The van der Waals surface area contributed by atoms with Gasteiger partial charge in [0.25, 0.3) is 0 Å². The van der Waals surface area contributed by atoms with Gasteiger partial charge in [0.15, 0.2) is 5.78 Å². The van der Waals surface area contributed by atoms with Gasteiger partial charge < -0.3 is 0 Å². The van der Waals surface area contributed by atoms with Crippen LogP contribution in [0, 0.1) is 17.6 Å². The maximum absolute atomic E-state index is 13.6. The van der Waals surface area contributed by atoms with Crippen molar-refractivity contribution in [2.75, 3.05) is 13.1 Å². The minimum absolute atomic E-state index is 0.138. The Morgan fingerprint density at radius 1 is 1.15 bits per heavy atom. The third kappa shape index (κ3) is 2.49. The fourth-order valence-electron chi connectivity index (χ4n) is 3.78. The zero-order valence-corrected chi connectivity index (χ0v) is 11.4. The molecule has 4 heteroatoms. The first kappa shape index (κ1) is 13.7. The number of likely N-dealkylation sites (tertiary alicyclic amines) is 1. The van der Waals surface area contributed by atoms with Crippen LogP contribution in [0.4, 0.5) is 8.78 Å². The van der Waals surface area contributed by atoms with E-state index in [0.29, 0.717) is 12.0 Å². The van der Waals surface area contributed by atoms with Crippen LogP contribution in [0.3, 0.4) is 0 Å². The molecule has 2 nitrogen and oxygen atoms in total. The summed E-state index contributed by atoms with van der Waals surface area (Å²) in [5.41, 5.74) is -0.382. The first-order valence-corrected chi connectivity index (χ1v) is 7.38. The highest BCUT2D eigenvalue weighted by atomic mass is 19.1. The van der Waals surface area contributed by atoms with Crippen molar-refractivity contribution in [1.82, 2.24) is 4.90 Å². The second-order valence-corrected chi connectivity index (χ2v) is 5.89. The van der Waals surface area contributed by atoms with E-state index in [-0.39, 0.29) is 12.1 Å². The van der Waals surface area contributed by atoms with Gasteiger partial charge in [0.05, 0.1) is 12.1 Å². The minimum atomic E-state index is -0.755. The summed E-state index contributed by atoms with van der Waals surface area (Å²) in [5.74, 6) is -1.28. The fourth-order valence-corrected chi connectivity index (χ4v) is 3.78. The number of hydrogen-bond acceptors (Lipinski definition) is 2. The summed E-state index contributed by atoms with van der Waals surface area (Å²) >= 11 is 0. The summed E-state index contributed by atoms with van der Waals surface area (Å²) in [6.07, 6.45) is 5.84. The third-order valence-corrected chi connectivity index (χ3v) is 4.70. The van der Waals surface area contributed by atoms with E-state index in [1.165, 1.54) is 25.3 Å². The van der Waals surface area contributed by atoms with E-state index >= 15 is 0 Å². The number of piperidine rings is 1. The Morgan fingerprint density at radius 2 is 1.85 bits per heavy atom. The predicted octanol–water partition coefficient (Wildman–Crippen LogP) is 3.41. The number of hydrogen-bond donors (Lipinski definition) is 0. The Kier molecular flexibility index (Phi) is 3.83. The van der Waals surface area contributed by atoms with E-state index in [0.717, 1.165) is 31.5 Å². The second-order valence-electron chi connectivity index (χ2n) is 5.89. The molecule has 3 rings (SSSR count). The lowest BCUT2D eigenvalue weighted by Gasteiger charge is -2.37. The molecule has 1 saturated heterocycles. The molecular formula is C16H19F2NO. The molecule has 0 radical (unpaired) electrons. The van der Waals surface area contributed by atoms with Crippen molar-refractivity contribution in [1.29, 1.82) is 0 Å². The summed E-state index contributed by atoms with van der Waals surface area (Å²) in [6, 6.07) is 4.01. The fraction of sp³-hybridized carbons (Fsp3) is 0.562. The van der Waals surface area contributed by atoms with Gasteiger partial charge in [-0.1, -0.05) is 12.5 Å². The van der Waals surface area contributed by atoms with Gasteiger partial charge in [-0.15, -0.1) is 0 Å². The van der Waals surface area contributed by atoms with Gasteiger partial charge in [-0.2, -0.15) is 0 Å². The van der Waals surface area contributed by atoms with Crippen molar-refractivity contribution in [3.05, 3.63) is 35.4 Å². The molecule has 1 aromatic carbocycles. The summed E-state index contributed by atoms with van der Waals surface area (Å²) < 4.78 is 27.3.